The normalized spacial score (nSPS) is 22.8. The highest BCUT2D eigenvalue weighted by atomic mass is 32.2. The maximum absolute atomic E-state index is 11.5. The van der Waals surface area contributed by atoms with Gasteiger partial charge in [-0.1, -0.05) is 19.8 Å². The summed E-state index contributed by atoms with van der Waals surface area (Å²) < 4.78 is 23.0. The Bertz CT molecular complexity index is 642. The van der Waals surface area contributed by atoms with E-state index in [0.29, 0.717) is 11.6 Å². The molecule has 1 fully saturated rings. The average Bonchev–Trinajstić information content (AvgIpc) is 2.40. The van der Waals surface area contributed by atoms with Crippen LogP contribution in [-0.2, 0) is 9.84 Å². The van der Waals surface area contributed by atoms with Gasteiger partial charge in [-0.05, 0) is 30.9 Å². The summed E-state index contributed by atoms with van der Waals surface area (Å²) in [5, 5.41) is 14.4. The second-order valence-electron chi connectivity index (χ2n) is 5.72. The van der Waals surface area contributed by atoms with Gasteiger partial charge in [0.25, 0.3) is 5.69 Å². The lowest BCUT2D eigenvalue weighted by atomic mass is 9.86. The summed E-state index contributed by atoms with van der Waals surface area (Å²) in [5.74, 6) is 0.452. The molecule has 1 aromatic carbocycles. The smallest absolute Gasteiger partial charge is 0.293 e. The minimum Gasteiger partial charge on any atom is -0.376 e. The molecule has 21 heavy (non-hydrogen) atoms. The van der Waals surface area contributed by atoms with Crippen molar-refractivity contribution in [3.8, 4) is 0 Å². The lowest BCUT2D eigenvalue weighted by Crippen LogP contribution is -2.30. The Hall–Kier alpha value is -1.63. The number of nitro benzene ring substituents is 1. The molecule has 1 aromatic rings. The Kier molecular flexibility index (Phi) is 4.51. The monoisotopic (exact) mass is 312 g/mol. The zero-order chi connectivity index (χ0) is 15.6. The highest BCUT2D eigenvalue weighted by Crippen LogP contribution is 2.32. The number of nitrogens with zero attached hydrogens (tertiary/aromatic N) is 1. The molecule has 0 bridgehead atoms. The highest BCUT2D eigenvalue weighted by Gasteiger charge is 2.25. The zero-order valence-electron chi connectivity index (χ0n) is 12.2. The number of rotatable bonds is 4. The van der Waals surface area contributed by atoms with Crippen molar-refractivity contribution in [3.05, 3.63) is 28.3 Å². The fourth-order valence-electron chi connectivity index (χ4n) is 2.75. The topological polar surface area (TPSA) is 89.3 Å². The van der Waals surface area contributed by atoms with E-state index < -0.39 is 14.8 Å². The lowest BCUT2D eigenvalue weighted by Gasteiger charge is -2.30. The highest BCUT2D eigenvalue weighted by molar-refractivity contribution is 7.90. The maximum atomic E-state index is 11.5. The second kappa shape index (κ2) is 6.01. The van der Waals surface area contributed by atoms with Crippen LogP contribution in [0, 0.1) is 16.0 Å². The Balaban J connectivity index is 2.32. The number of nitro groups is 1. The molecule has 0 amide bonds. The Morgan fingerprint density at radius 3 is 2.52 bits per heavy atom. The summed E-state index contributed by atoms with van der Waals surface area (Å²) >= 11 is 0. The largest absolute Gasteiger partial charge is 0.376 e. The molecular weight excluding hydrogens is 292 g/mol. The van der Waals surface area contributed by atoms with Crippen LogP contribution < -0.4 is 5.32 Å². The van der Waals surface area contributed by atoms with E-state index in [9.17, 15) is 18.5 Å². The van der Waals surface area contributed by atoms with Crippen LogP contribution in [0.25, 0.3) is 0 Å². The molecule has 7 heteroatoms. The fourth-order valence-corrected chi connectivity index (χ4v) is 3.39. The van der Waals surface area contributed by atoms with E-state index in [4.69, 9.17) is 0 Å². The van der Waals surface area contributed by atoms with Gasteiger partial charge in [0, 0.05) is 18.4 Å². The quantitative estimate of drug-likeness (QED) is 0.682. The molecule has 6 nitrogen and oxygen atoms in total. The molecular formula is C14H20N2O4S. The van der Waals surface area contributed by atoms with Crippen molar-refractivity contribution >= 4 is 21.2 Å². The van der Waals surface area contributed by atoms with Crippen LogP contribution in [0.3, 0.4) is 0 Å². The van der Waals surface area contributed by atoms with Gasteiger partial charge in [-0.25, -0.2) is 8.42 Å². The van der Waals surface area contributed by atoms with E-state index in [0.717, 1.165) is 31.6 Å². The third-order valence-electron chi connectivity index (χ3n) is 4.05. The molecule has 1 aliphatic rings. The predicted octanol–water partition coefficient (Wildman–Crippen LogP) is 2.99. The number of nitrogens with one attached hydrogen (secondary N) is 1. The molecule has 116 valence electrons. The molecule has 0 saturated heterocycles. The molecule has 0 aromatic heterocycles. The van der Waals surface area contributed by atoms with Gasteiger partial charge in [-0.15, -0.1) is 0 Å². The summed E-state index contributed by atoms with van der Waals surface area (Å²) in [7, 11) is -3.45. The van der Waals surface area contributed by atoms with Gasteiger partial charge in [-0.3, -0.25) is 10.1 Å². The first kappa shape index (κ1) is 15.8. The van der Waals surface area contributed by atoms with Crippen LogP contribution in [0.1, 0.15) is 32.6 Å². The maximum Gasteiger partial charge on any atom is 0.293 e. The van der Waals surface area contributed by atoms with Gasteiger partial charge >= 0.3 is 0 Å². The van der Waals surface area contributed by atoms with E-state index in [1.54, 1.807) is 0 Å². The third kappa shape index (κ3) is 3.72. The molecule has 0 spiro atoms. The molecule has 1 aliphatic carbocycles. The summed E-state index contributed by atoms with van der Waals surface area (Å²) in [6.45, 7) is 2.13. The van der Waals surface area contributed by atoms with Crippen LogP contribution in [-0.4, -0.2) is 25.6 Å². The van der Waals surface area contributed by atoms with E-state index in [2.05, 4.69) is 12.2 Å². The van der Waals surface area contributed by atoms with Crippen molar-refractivity contribution < 1.29 is 13.3 Å². The lowest BCUT2D eigenvalue weighted by molar-refractivity contribution is -0.384. The Morgan fingerprint density at radius 2 is 1.95 bits per heavy atom. The van der Waals surface area contributed by atoms with Crippen molar-refractivity contribution in [1.82, 2.24) is 0 Å². The van der Waals surface area contributed by atoms with Crippen molar-refractivity contribution in [2.45, 2.75) is 43.5 Å². The second-order valence-corrected chi connectivity index (χ2v) is 7.74. The number of anilines is 1. The Labute approximate surface area is 124 Å². The first-order valence-electron chi connectivity index (χ1n) is 7.04. The standard InChI is InChI=1S/C14H20N2O4S/c1-10-5-3-4-6-12(10)15-13-8-7-11(21(2,19)20)9-14(13)16(17)18/h7-10,12,15H,3-6H2,1-2H3. The first-order chi connectivity index (χ1) is 9.79. The van der Waals surface area contributed by atoms with Crippen molar-refractivity contribution in [1.29, 1.82) is 0 Å². The first-order valence-corrected chi connectivity index (χ1v) is 8.93. The van der Waals surface area contributed by atoms with Crippen molar-refractivity contribution in [2.75, 3.05) is 11.6 Å². The number of benzene rings is 1. The molecule has 0 heterocycles. The summed E-state index contributed by atoms with van der Waals surface area (Å²) in [6.07, 6.45) is 5.42. The van der Waals surface area contributed by atoms with E-state index in [-0.39, 0.29) is 16.6 Å². The van der Waals surface area contributed by atoms with Crippen LogP contribution in [0.5, 0.6) is 0 Å². The molecule has 2 unspecified atom stereocenters. The van der Waals surface area contributed by atoms with Crippen LogP contribution >= 0.6 is 0 Å². The van der Waals surface area contributed by atoms with E-state index >= 15 is 0 Å². The molecule has 2 atom stereocenters. The van der Waals surface area contributed by atoms with Gasteiger partial charge in [0.2, 0.25) is 0 Å². The summed E-state index contributed by atoms with van der Waals surface area (Å²) in [4.78, 5) is 10.6. The van der Waals surface area contributed by atoms with Crippen LogP contribution in [0.2, 0.25) is 0 Å². The van der Waals surface area contributed by atoms with Crippen LogP contribution in [0.15, 0.2) is 23.1 Å². The minimum atomic E-state index is -3.45. The van der Waals surface area contributed by atoms with Gasteiger partial charge in [0.1, 0.15) is 5.69 Å². The van der Waals surface area contributed by atoms with Crippen molar-refractivity contribution in [3.63, 3.8) is 0 Å². The Morgan fingerprint density at radius 1 is 1.29 bits per heavy atom. The van der Waals surface area contributed by atoms with E-state index in [1.165, 1.54) is 18.6 Å². The number of hydrogen-bond donors (Lipinski definition) is 1. The van der Waals surface area contributed by atoms with Gasteiger partial charge in [0.05, 0.1) is 9.82 Å². The molecule has 1 N–H and O–H groups in total. The third-order valence-corrected chi connectivity index (χ3v) is 5.16. The fraction of sp³-hybridized carbons (Fsp3) is 0.571. The van der Waals surface area contributed by atoms with Crippen LogP contribution in [0.4, 0.5) is 11.4 Å². The van der Waals surface area contributed by atoms with Gasteiger partial charge in [0.15, 0.2) is 9.84 Å². The van der Waals surface area contributed by atoms with Crippen molar-refractivity contribution in [2.24, 2.45) is 5.92 Å². The van der Waals surface area contributed by atoms with Gasteiger partial charge in [-0.2, -0.15) is 0 Å². The number of hydrogen-bond acceptors (Lipinski definition) is 5. The summed E-state index contributed by atoms with van der Waals surface area (Å²) in [6, 6.07) is 4.24. The number of sulfone groups is 1. The molecule has 2 rings (SSSR count). The molecule has 0 aliphatic heterocycles. The molecule has 0 radical (unpaired) electrons. The predicted molar refractivity (Wildman–Crippen MR) is 81.2 cm³/mol. The minimum absolute atomic E-state index is 0.0311. The van der Waals surface area contributed by atoms with E-state index in [1.807, 2.05) is 0 Å². The summed E-state index contributed by atoms with van der Waals surface area (Å²) in [5.41, 5.74) is 0.210. The average molecular weight is 312 g/mol. The molecule has 1 saturated carbocycles. The van der Waals surface area contributed by atoms with Gasteiger partial charge < -0.3 is 5.32 Å². The zero-order valence-corrected chi connectivity index (χ0v) is 13.0. The SMILES string of the molecule is CC1CCCCC1Nc1ccc(S(C)(=O)=O)cc1[N+](=O)[O-].